The summed E-state index contributed by atoms with van der Waals surface area (Å²) < 4.78 is 4.49. The molecule has 1 amide bonds. The SMILES string of the molecule is CC(C)NC(=O)C1CCCN(c2nc(Cc3ccccc3)ns2)C1. The Balaban J connectivity index is 1.63. The van der Waals surface area contributed by atoms with E-state index < -0.39 is 0 Å². The van der Waals surface area contributed by atoms with Gasteiger partial charge in [0, 0.05) is 37.1 Å². The maximum Gasteiger partial charge on any atom is 0.225 e. The van der Waals surface area contributed by atoms with E-state index in [9.17, 15) is 4.79 Å². The van der Waals surface area contributed by atoms with E-state index in [0.29, 0.717) is 0 Å². The van der Waals surface area contributed by atoms with E-state index in [0.717, 1.165) is 43.3 Å². The summed E-state index contributed by atoms with van der Waals surface area (Å²) in [6, 6.07) is 10.4. The Bertz CT molecular complexity index is 671. The first kappa shape index (κ1) is 16.9. The van der Waals surface area contributed by atoms with Crippen LogP contribution in [0.5, 0.6) is 0 Å². The third kappa shape index (κ3) is 4.32. The van der Waals surface area contributed by atoms with Crippen LogP contribution in [0.1, 0.15) is 38.1 Å². The average molecular weight is 344 g/mol. The minimum atomic E-state index is 0.0441. The standard InChI is InChI=1S/C18H24N4OS/c1-13(2)19-17(23)15-9-6-10-22(12-15)18-20-16(21-24-18)11-14-7-4-3-5-8-14/h3-5,7-8,13,15H,6,9-12H2,1-2H3,(H,19,23). The highest BCUT2D eigenvalue weighted by Gasteiger charge is 2.27. The zero-order valence-electron chi connectivity index (χ0n) is 14.2. The monoisotopic (exact) mass is 344 g/mol. The second-order valence-electron chi connectivity index (χ2n) is 6.60. The van der Waals surface area contributed by atoms with Gasteiger partial charge in [0.05, 0.1) is 5.92 Å². The third-order valence-corrected chi connectivity index (χ3v) is 4.97. The van der Waals surface area contributed by atoms with Crippen molar-refractivity contribution in [3.63, 3.8) is 0 Å². The molecule has 0 bridgehead atoms. The van der Waals surface area contributed by atoms with Crippen LogP contribution in [0.4, 0.5) is 5.13 Å². The lowest BCUT2D eigenvalue weighted by atomic mass is 9.97. The lowest BCUT2D eigenvalue weighted by Crippen LogP contribution is -2.44. The molecule has 1 aliphatic heterocycles. The molecule has 0 saturated carbocycles. The molecule has 0 aliphatic carbocycles. The van der Waals surface area contributed by atoms with Crippen molar-refractivity contribution in [3.05, 3.63) is 41.7 Å². The van der Waals surface area contributed by atoms with Crippen molar-refractivity contribution < 1.29 is 4.79 Å². The molecule has 1 atom stereocenters. The number of hydrogen-bond donors (Lipinski definition) is 1. The summed E-state index contributed by atoms with van der Waals surface area (Å²) in [5, 5.41) is 3.96. The van der Waals surface area contributed by atoms with E-state index in [1.165, 1.54) is 17.1 Å². The quantitative estimate of drug-likeness (QED) is 0.906. The number of aromatic nitrogens is 2. The molecule has 1 aromatic carbocycles. The Morgan fingerprint density at radius 3 is 2.92 bits per heavy atom. The van der Waals surface area contributed by atoms with Gasteiger partial charge in [0.1, 0.15) is 5.82 Å². The number of nitrogens with one attached hydrogen (secondary N) is 1. The molecule has 0 spiro atoms. The Hall–Kier alpha value is -1.95. The number of piperidine rings is 1. The first-order chi connectivity index (χ1) is 11.6. The minimum absolute atomic E-state index is 0.0441. The first-order valence-corrected chi connectivity index (χ1v) is 9.31. The Kier molecular flexibility index (Phi) is 5.45. The number of hydrogen-bond acceptors (Lipinski definition) is 5. The lowest BCUT2D eigenvalue weighted by molar-refractivity contribution is -0.125. The average Bonchev–Trinajstić information content (AvgIpc) is 3.04. The molecule has 0 radical (unpaired) electrons. The predicted octanol–water partition coefficient (Wildman–Crippen LogP) is 2.87. The van der Waals surface area contributed by atoms with Gasteiger partial charge in [-0.2, -0.15) is 4.37 Å². The van der Waals surface area contributed by atoms with E-state index in [2.05, 4.69) is 31.7 Å². The van der Waals surface area contributed by atoms with Crippen molar-refractivity contribution in [2.45, 2.75) is 39.2 Å². The molecule has 128 valence electrons. The molecule has 5 nitrogen and oxygen atoms in total. The molecule has 1 N–H and O–H groups in total. The maximum absolute atomic E-state index is 12.3. The van der Waals surface area contributed by atoms with E-state index >= 15 is 0 Å². The fourth-order valence-electron chi connectivity index (χ4n) is 2.99. The molecule has 1 aliphatic rings. The number of nitrogens with zero attached hydrogens (tertiary/aromatic N) is 3. The fraction of sp³-hybridized carbons (Fsp3) is 0.500. The molecule has 6 heteroatoms. The number of benzene rings is 1. The Labute approximate surface area is 147 Å². The molecule has 1 aromatic heterocycles. The highest BCUT2D eigenvalue weighted by molar-refractivity contribution is 7.09. The zero-order chi connectivity index (χ0) is 16.9. The van der Waals surface area contributed by atoms with E-state index in [4.69, 9.17) is 0 Å². The van der Waals surface area contributed by atoms with Crippen LogP contribution in [0.15, 0.2) is 30.3 Å². The van der Waals surface area contributed by atoms with Gasteiger partial charge in [0.15, 0.2) is 0 Å². The molecule has 1 saturated heterocycles. The minimum Gasteiger partial charge on any atom is -0.354 e. The molecule has 3 rings (SSSR count). The van der Waals surface area contributed by atoms with Crippen LogP contribution >= 0.6 is 11.5 Å². The lowest BCUT2D eigenvalue weighted by Gasteiger charge is -2.31. The summed E-state index contributed by atoms with van der Waals surface area (Å²) in [5.74, 6) is 1.06. The highest BCUT2D eigenvalue weighted by Crippen LogP contribution is 2.25. The number of rotatable bonds is 5. The first-order valence-electron chi connectivity index (χ1n) is 8.53. The maximum atomic E-state index is 12.3. The molecule has 24 heavy (non-hydrogen) atoms. The summed E-state index contributed by atoms with van der Waals surface area (Å²) in [6.45, 7) is 5.68. The summed E-state index contributed by atoms with van der Waals surface area (Å²) in [6.07, 6.45) is 2.72. The van der Waals surface area contributed by atoms with Crippen LogP contribution in [-0.2, 0) is 11.2 Å². The summed E-state index contributed by atoms with van der Waals surface area (Å²) in [4.78, 5) is 19.2. The Morgan fingerprint density at radius 2 is 2.17 bits per heavy atom. The second-order valence-corrected chi connectivity index (χ2v) is 7.33. The molecule has 1 unspecified atom stereocenters. The van der Waals surface area contributed by atoms with Crippen LogP contribution in [0.3, 0.4) is 0 Å². The van der Waals surface area contributed by atoms with Crippen LogP contribution in [0.2, 0.25) is 0 Å². The zero-order valence-corrected chi connectivity index (χ0v) is 15.1. The van der Waals surface area contributed by atoms with Gasteiger partial charge in [-0.25, -0.2) is 4.98 Å². The summed E-state index contributed by atoms with van der Waals surface area (Å²) in [5.41, 5.74) is 1.22. The van der Waals surface area contributed by atoms with E-state index in [1.54, 1.807) is 0 Å². The van der Waals surface area contributed by atoms with Crippen molar-refractivity contribution in [1.82, 2.24) is 14.7 Å². The molecule has 2 heterocycles. The number of carbonyl (C=O) groups is 1. The third-order valence-electron chi connectivity index (χ3n) is 4.16. The molecular formula is C18H24N4OS. The predicted molar refractivity (Wildman–Crippen MR) is 97.4 cm³/mol. The highest BCUT2D eigenvalue weighted by atomic mass is 32.1. The van der Waals surface area contributed by atoms with Gasteiger partial charge in [0.25, 0.3) is 0 Å². The van der Waals surface area contributed by atoms with Crippen molar-refractivity contribution in [1.29, 1.82) is 0 Å². The topological polar surface area (TPSA) is 58.1 Å². The van der Waals surface area contributed by atoms with Gasteiger partial charge in [0.2, 0.25) is 11.0 Å². The number of amides is 1. The van der Waals surface area contributed by atoms with Gasteiger partial charge < -0.3 is 10.2 Å². The van der Waals surface area contributed by atoms with Crippen molar-refractivity contribution >= 4 is 22.6 Å². The molecule has 2 aromatic rings. The van der Waals surface area contributed by atoms with Crippen molar-refractivity contribution in [2.24, 2.45) is 5.92 Å². The van der Waals surface area contributed by atoms with Crippen molar-refractivity contribution in [3.8, 4) is 0 Å². The number of carbonyl (C=O) groups excluding carboxylic acids is 1. The van der Waals surface area contributed by atoms with Gasteiger partial charge in [-0.3, -0.25) is 4.79 Å². The van der Waals surface area contributed by atoms with Crippen LogP contribution < -0.4 is 10.2 Å². The van der Waals surface area contributed by atoms with E-state index in [1.807, 2.05) is 32.0 Å². The fourth-order valence-corrected chi connectivity index (χ4v) is 3.71. The van der Waals surface area contributed by atoms with Crippen LogP contribution in [0.25, 0.3) is 0 Å². The van der Waals surface area contributed by atoms with Crippen LogP contribution in [0, 0.1) is 5.92 Å². The molecule has 1 fully saturated rings. The largest absolute Gasteiger partial charge is 0.354 e. The summed E-state index contributed by atoms with van der Waals surface area (Å²) >= 11 is 1.44. The Morgan fingerprint density at radius 1 is 1.38 bits per heavy atom. The van der Waals surface area contributed by atoms with Gasteiger partial charge >= 0.3 is 0 Å². The second kappa shape index (κ2) is 7.75. The number of anilines is 1. The van der Waals surface area contributed by atoms with Crippen LogP contribution in [-0.4, -0.2) is 34.4 Å². The van der Waals surface area contributed by atoms with Gasteiger partial charge in [-0.05, 0) is 32.3 Å². The smallest absolute Gasteiger partial charge is 0.225 e. The normalized spacial score (nSPS) is 18.0. The summed E-state index contributed by atoms with van der Waals surface area (Å²) in [7, 11) is 0. The van der Waals surface area contributed by atoms with Gasteiger partial charge in [-0.1, -0.05) is 30.3 Å². The molecular weight excluding hydrogens is 320 g/mol. The van der Waals surface area contributed by atoms with Crippen molar-refractivity contribution in [2.75, 3.05) is 18.0 Å². The van der Waals surface area contributed by atoms with Gasteiger partial charge in [-0.15, -0.1) is 0 Å². The van der Waals surface area contributed by atoms with E-state index in [-0.39, 0.29) is 17.9 Å².